The Bertz CT molecular complexity index is 733. The summed E-state index contributed by atoms with van der Waals surface area (Å²) in [7, 11) is -1.30. The molecule has 148 valence electrons. The molecule has 1 amide bonds. The Morgan fingerprint density at radius 3 is 2.59 bits per heavy atom. The van der Waals surface area contributed by atoms with Crippen molar-refractivity contribution in [1.29, 1.82) is 5.26 Å². The molecule has 1 atom stereocenters. The zero-order valence-corrected chi connectivity index (χ0v) is 17.1. The van der Waals surface area contributed by atoms with Crippen LogP contribution >= 0.6 is 0 Å². The van der Waals surface area contributed by atoms with E-state index in [0.29, 0.717) is 23.8 Å². The van der Waals surface area contributed by atoms with Crippen molar-refractivity contribution in [2.75, 3.05) is 18.1 Å². The van der Waals surface area contributed by atoms with Crippen LogP contribution in [0.15, 0.2) is 11.4 Å². The summed E-state index contributed by atoms with van der Waals surface area (Å²) in [4.78, 5) is 20.0. The highest BCUT2D eigenvalue weighted by atomic mass is 32.2. The molecule has 0 aromatic carbocycles. The first kappa shape index (κ1) is 21.1. The van der Waals surface area contributed by atoms with E-state index in [9.17, 15) is 14.3 Å². The largest absolute Gasteiger partial charge is 0.444 e. The number of nitrogens with zero attached hydrogens (tertiary/aromatic N) is 3. The van der Waals surface area contributed by atoms with Gasteiger partial charge in [-0.2, -0.15) is 5.26 Å². The van der Waals surface area contributed by atoms with E-state index < -0.39 is 16.4 Å². The van der Waals surface area contributed by atoms with Crippen LogP contribution in [0.3, 0.4) is 0 Å². The average Bonchev–Trinajstić information content (AvgIpc) is 2.59. The smallest absolute Gasteiger partial charge is 0.407 e. The Labute approximate surface area is 162 Å². The van der Waals surface area contributed by atoms with Gasteiger partial charge in [-0.3, -0.25) is 4.21 Å². The molecule has 2 rings (SSSR count). The molecule has 0 bridgehead atoms. The van der Waals surface area contributed by atoms with E-state index in [1.807, 2.05) is 26.8 Å². The maximum Gasteiger partial charge on any atom is 0.407 e. The molecule has 1 aromatic rings. The van der Waals surface area contributed by atoms with Crippen LogP contribution in [0.4, 0.5) is 10.6 Å². The van der Waals surface area contributed by atoms with Gasteiger partial charge in [-0.1, -0.05) is 0 Å². The maximum atomic E-state index is 11.9. The molecule has 9 heteroatoms. The van der Waals surface area contributed by atoms with Gasteiger partial charge in [-0.25, -0.2) is 14.8 Å². The third-order valence-corrected chi connectivity index (χ3v) is 4.98. The standard InChI is InChI=1S/C18H27N5O3S/c1-18(2,3)26-17(24)22-14-7-5-12(6-8-14)10-20-15-13(9-19)11-21-16(23-15)27(4)25/h11-12,14H,5-8,10H2,1-4H3,(H,22,24)(H,20,21,23). The zero-order valence-electron chi connectivity index (χ0n) is 16.2. The Hall–Kier alpha value is -2.21. The summed E-state index contributed by atoms with van der Waals surface area (Å²) in [5.41, 5.74) is -0.160. The van der Waals surface area contributed by atoms with Gasteiger partial charge in [-0.05, 0) is 52.4 Å². The van der Waals surface area contributed by atoms with Crippen LogP contribution in [0.2, 0.25) is 0 Å². The predicted octanol–water partition coefficient (Wildman–Crippen LogP) is 2.58. The number of hydrogen-bond acceptors (Lipinski definition) is 7. The molecule has 0 aliphatic heterocycles. The molecule has 1 saturated carbocycles. The Morgan fingerprint density at radius 1 is 1.37 bits per heavy atom. The van der Waals surface area contributed by atoms with Crippen molar-refractivity contribution >= 4 is 22.7 Å². The van der Waals surface area contributed by atoms with Gasteiger partial charge < -0.3 is 15.4 Å². The second kappa shape index (κ2) is 9.13. The third-order valence-electron chi connectivity index (χ3n) is 4.27. The second-order valence-electron chi connectivity index (χ2n) is 7.73. The summed E-state index contributed by atoms with van der Waals surface area (Å²) in [6.45, 7) is 6.20. The number of amides is 1. The van der Waals surface area contributed by atoms with Crippen molar-refractivity contribution in [2.24, 2.45) is 5.92 Å². The van der Waals surface area contributed by atoms with Crippen LogP contribution in [0, 0.1) is 17.2 Å². The molecule has 0 radical (unpaired) electrons. The number of carbonyl (C=O) groups is 1. The van der Waals surface area contributed by atoms with Gasteiger partial charge in [0.2, 0.25) is 5.16 Å². The summed E-state index contributed by atoms with van der Waals surface area (Å²) in [6.07, 6.45) is 6.19. The number of anilines is 1. The van der Waals surface area contributed by atoms with Crippen molar-refractivity contribution in [2.45, 2.75) is 63.3 Å². The minimum Gasteiger partial charge on any atom is -0.444 e. The number of alkyl carbamates (subject to hydrolysis) is 1. The Kier molecular flexibility index (Phi) is 7.13. The van der Waals surface area contributed by atoms with Gasteiger partial charge in [0.25, 0.3) is 0 Å². The molecule has 1 aromatic heterocycles. The molecule has 1 unspecified atom stereocenters. The first-order valence-electron chi connectivity index (χ1n) is 9.02. The van der Waals surface area contributed by atoms with Crippen LogP contribution < -0.4 is 10.6 Å². The summed E-state index contributed by atoms with van der Waals surface area (Å²) in [6, 6.07) is 2.17. The van der Waals surface area contributed by atoms with E-state index in [2.05, 4.69) is 20.6 Å². The number of carbonyl (C=O) groups excluding carboxylic acids is 1. The summed E-state index contributed by atoms with van der Waals surface area (Å²) >= 11 is 0. The van der Waals surface area contributed by atoms with Gasteiger partial charge in [0, 0.05) is 18.8 Å². The predicted molar refractivity (Wildman–Crippen MR) is 103 cm³/mol. The minimum atomic E-state index is -1.30. The lowest BCUT2D eigenvalue weighted by atomic mass is 9.86. The topological polar surface area (TPSA) is 117 Å². The fourth-order valence-corrected chi connectivity index (χ4v) is 3.37. The van der Waals surface area contributed by atoms with Crippen molar-refractivity contribution in [3.63, 3.8) is 0 Å². The monoisotopic (exact) mass is 393 g/mol. The molecule has 1 aliphatic rings. The van der Waals surface area contributed by atoms with Crippen molar-refractivity contribution in [3.8, 4) is 6.07 Å². The lowest BCUT2D eigenvalue weighted by Gasteiger charge is -2.30. The quantitative estimate of drug-likeness (QED) is 0.738. The number of nitriles is 1. The summed E-state index contributed by atoms with van der Waals surface area (Å²) in [5.74, 6) is 0.838. The van der Waals surface area contributed by atoms with Crippen molar-refractivity contribution < 1.29 is 13.7 Å². The molecule has 1 fully saturated rings. The zero-order chi connectivity index (χ0) is 20.0. The molecule has 2 N–H and O–H groups in total. The highest BCUT2D eigenvalue weighted by Gasteiger charge is 2.25. The number of aromatic nitrogens is 2. The van der Waals surface area contributed by atoms with Crippen LogP contribution in [0.25, 0.3) is 0 Å². The van der Waals surface area contributed by atoms with Gasteiger partial charge in [0.1, 0.15) is 23.1 Å². The van der Waals surface area contributed by atoms with Crippen LogP contribution in [0.1, 0.15) is 52.0 Å². The highest BCUT2D eigenvalue weighted by Crippen LogP contribution is 2.25. The molecular weight excluding hydrogens is 366 g/mol. The normalized spacial score (nSPS) is 21.0. The summed E-state index contributed by atoms with van der Waals surface area (Å²) < 4.78 is 16.8. The van der Waals surface area contributed by atoms with E-state index in [-0.39, 0.29) is 17.3 Å². The lowest BCUT2D eigenvalue weighted by molar-refractivity contribution is 0.0488. The SMILES string of the molecule is CS(=O)c1ncc(C#N)c(NCC2CCC(NC(=O)OC(C)(C)C)CC2)n1. The van der Waals surface area contributed by atoms with Gasteiger partial charge in [-0.15, -0.1) is 0 Å². The van der Waals surface area contributed by atoms with E-state index >= 15 is 0 Å². The number of ether oxygens (including phenoxy) is 1. The lowest BCUT2D eigenvalue weighted by Crippen LogP contribution is -2.41. The molecule has 1 heterocycles. The van der Waals surface area contributed by atoms with Crippen LogP contribution in [-0.4, -0.2) is 44.7 Å². The first-order chi connectivity index (χ1) is 12.7. The molecule has 0 saturated heterocycles. The fourth-order valence-electron chi connectivity index (χ4n) is 2.95. The van der Waals surface area contributed by atoms with E-state index in [4.69, 9.17) is 4.74 Å². The van der Waals surface area contributed by atoms with E-state index in [0.717, 1.165) is 25.7 Å². The molecule has 0 spiro atoms. The van der Waals surface area contributed by atoms with Gasteiger partial charge >= 0.3 is 6.09 Å². The van der Waals surface area contributed by atoms with Crippen LogP contribution in [-0.2, 0) is 15.5 Å². The van der Waals surface area contributed by atoms with Gasteiger partial charge in [0.15, 0.2) is 0 Å². The number of hydrogen-bond donors (Lipinski definition) is 2. The molecule has 1 aliphatic carbocycles. The van der Waals surface area contributed by atoms with Crippen LogP contribution in [0.5, 0.6) is 0 Å². The maximum absolute atomic E-state index is 11.9. The van der Waals surface area contributed by atoms with E-state index in [1.165, 1.54) is 12.5 Å². The number of rotatable bonds is 5. The number of nitrogens with one attached hydrogen (secondary N) is 2. The minimum absolute atomic E-state index is 0.124. The molecular formula is C18H27N5O3S. The molecule has 27 heavy (non-hydrogen) atoms. The average molecular weight is 394 g/mol. The Morgan fingerprint density at radius 2 is 2.04 bits per heavy atom. The van der Waals surface area contributed by atoms with Crippen molar-refractivity contribution in [1.82, 2.24) is 15.3 Å². The molecule has 8 nitrogen and oxygen atoms in total. The summed E-state index contributed by atoms with van der Waals surface area (Å²) in [5, 5.41) is 15.5. The first-order valence-corrected chi connectivity index (χ1v) is 10.6. The third kappa shape index (κ3) is 6.79. The fraction of sp³-hybridized carbons (Fsp3) is 0.667. The second-order valence-corrected chi connectivity index (χ2v) is 9.00. The Balaban J connectivity index is 1.83. The highest BCUT2D eigenvalue weighted by molar-refractivity contribution is 7.84. The van der Waals surface area contributed by atoms with Crippen molar-refractivity contribution in [3.05, 3.63) is 11.8 Å². The van der Waals surface area contributed by atoms with E-state index in [1.54, 1.807) is 0 Å². The van der Waals surface area contributed by atoms with Gasteiger partial charge in [0.05, 0.1) is 17.0 Å².